The highest BCUT2D eigenvalue weighted by molar-refractivity contribution is 6.30. The van der Waals surface area contributed by atoms with Crippen LogP contribution in [-0.2, 0) is 9.59 Å². The molecule has 0 aliphatic heterocycles. The Morgan fingerprint density at radius 2 is 1.93 bits per heavy atom. The number of carbonyl (C=O) groups is 2. The molecule has 0 unspecified atom stereocenters. The number of rotatable bonds is 6. The number of halogens is 4. The zero-order valence-electron chi connectivity index (χ0n) is 16.3. The first-order valence-electron chi connectivity index (χ1n) is 10.2. The Bertz CT molecular complexity index is 860. The molecule has 0 saturated heterocycles. The fourth-order valence-electron chi connectivity index (χ4n) is 5.67. The predicted octanol–water partition coefficient (Wildman–Crippen LogP) is 3.33. The van der Waals surface area contributed by atoms with Crippen molar-refractivity contribution < 1.29 is 27.9 Å². The quantitative estimate of drug-likeness (QED) is 0.465. The number of fused-ring (bicyclic) bond motifs is 2. The van der Waals surface area contributed by atoms with Gasteiger partial charge < -0.3 is 15.7 Å². The maximum Gasteiger partial charge on any atom is 0.223 e. The lowest BCUT2D eigenvalue weighted by Gasteiger charge is -2.37. The average molecular weight is 445 g/mol. The summed E-state index contributed by atoms with van der Waals surface area (Å²) in [7, 11) is 0. The molecule has 3 fully saturated rings. The van der Waals surface area contributed by atoms with Gasteiger partial charge in [0, 0.05) is 11.5 Å². The van der Waals surface area contributed by atoms with Crippen molar-refractivity contribution in [2.45, 2.75) is 68.8 Å². The molecule has 164 valence electrons. The Balaban J connectivity index is 1.65. The van der Waals surface area contributed by atoms with E-state index in [0.717, 1.165) is 12.1 Å². The lowest BCUT2D eigenvalue weighted by Crippen LogP contribution is -2.42. The largest absolute Gasteiger partial charge is 0.391 e. The van der Waals surface area contributed by atoms with Gasteiger partial charge in [-0.05, 0) is 62.5 Å². The van der Waals surface area contributed by atoms with Gasteiger partial charge in [0.1, 0.15) is 17.3 Å². The molecule has 3 N–H and O–H groups in total. The summed E-state index contributed by atoms with van der Waals surface area (Å²) in [6, 6.07) is 0.523. The van der Waals surface area contributed by atoms with Crippen molar-refractivity contribution in [2.75, 3.05) is 0 Å². The van der Waals surface area contributed by atoms with E-state index in [1.807, 2.05) is 0 Å². The molecular weight excluding hydrogens is 421 g/mol. The number of aliphatic hydroxyl groups is 1. The second-order valence-electron chi connectivity index (χ2n) is 9.02. The van der Waals surface area contributed by atoms with Crippen molar-refractivity contribution in [3.8, 4) is 0 Å². The van der Waals surface area contributed by atoms with E-state index >= 15 is 0 Å². The molecule has 30 heavy (non-hydrogen) atoms. The fourth-order valence-corrected chi connectivity index (χ4v) is 5.83. The summed E-state index contributed by atoms with van der Waals surface area (Å²) < 4.78 is 44.6. The van der Waals surface area contributed by atoms with Gasteiger partial charge in [-0.15, -0.1) is 0 Å². The summed E-state index contributed by atoms with van der Waals surface area (Å²) in [5.41, 5.74) is -2.52. The van der Waals surface area contributed by atoms with E-state index in [1.165, 1.54) is 0 Å². The molecule has 3 aliphatic carbocycles. The smallest absolute Gasteiger partial charge is 0.223 e. The third-order valence-electron chi connectivity index (χ3n) is 7.26. The van der Waals surface area contributed by atoms with E-state index in [4.69, 9.17) is 11.6 Å². The van der Waals surface area contributed by atoms with Gasteiger partial charge in [-0.1, -0.05) is 11.6 Å². The summed E-state index contributed by atoms with van der Waals surface area (Å²) >= 11 is 5.90. The number of hydrogen-bond donors (Lipinski definition) is 3. The van der Waals surface area contributed by atoms with Crippen LogP contribution in [0.4, 0.5) is 13.2 Å². The van der Waals surface area contributed by atoms with Gasteiger partial charge in [-0.2, -0.15) is 0 Å². The van der Waals surface area contributed by atoms with E-state index in [1.54, 1.807) is 0 Å². The number of amides is 2. The van der Waals surface area contributed by atoms with Crippen LogP contribution in [0.15, 0.2) is 12.1 Å². The van der Waals surface area contributed by atoms with Crippen molar-refractivity contribution in [3.05, 3.63) is 34.4 Å². The van der Waals surface area contributed by atoms with Crippen LogP contribution in [0.3, 0.4) is 0 Å². The molecule has 4 rings (SSSR count). The molecule has 4 atom stereocenters. The molecule has 0 radical (unpaired) electrons. The molecule has 2 bridgehead atoms. The van der Waals surface area contributed by atoms with Crippen LogP contribution in [-0.4, -0.2) is 35.2 Å². The summed E-state index contributed by atoms with van der Waals surface area (Å²) in [6.07, 6.45) is 1.41. The predicted molar refractivity (Wildman–Crippen MR) is 103 cm³/mol. The van der Waals surface area contributed by atoms with Gasteiger partial charge in [0.2, 0.25) is 12.3 Å². The van der Waals surface area contributed by atoms with Crippen LogP contribution in [0.1, 0.15) is 56.6 Å². The number of alkyl halides is 1. The van der Waals surface area contributed by atoms with Crippen LogP contribution < -0.4 is 10.6 Å². The zero-order valence-corrected chi connectivity index (χ0v) is 17.0. The highest BCUT2D eigenvalue weighted by Gasteiger charge is 2.59. The van der Waals surface area contributed by atoms with Gasteiger partial charge in [0.25, 0.3) is 0 Å². The van der Waals surface area contributed by atoms with Gasteiger partial charge in [-0.3, -0.25) is 9.59 Å². The lowest BCUT2D eigenvalue weighted by molar-refractivity contribution is -0.127. The average Bonchev–Trinajstić information content (AvgIpc) is 3.36. The maximum absolute atomic E-state index is 14.9. The molecule has 2 amide bonds. The Morgan fingerprint density at radius 3 is 2.53 bits per heavy atom. The molecule has 3 saturated carbocycles. The van der Waals surface area contributed by atoms with E-state index < -0.39 is 52.7 Å². The van der Waals surface area contributed by atoms with Crippen LogP contribution in [0.2, 0.25) is 5.02 Å². The molecule has 5 nitrogen and oxygen atoms in total. The number of aliphatic hydroxyl groups excluding tert-OH is 1. The van der Waals surface area contributed by atoms with Crippen molar-refractivity contribution in [3.63, 3.8) is 0 Å². The second-order valence-corrected chi connectivity index (χ2v) is 9.42. The summed E-state index contributed by atoms with van der Waals surface area (Å²) in [6.45, 7) is 0. The monoisotopic (exact) mass is 444 g/mol. The SMILES string of the molecule is O=CN[C@H]1C[C@H](C(=O)N[C@H](c2c(F)ccc(Cl)c2F)C23CCC(F)(CC2)C3)C[C@H]1O. The van der Waals surface area contributed by atoms with E-state index in [2.05, 4.69) is 10.6 Å². The molecule has 3 aliphatic rings. The van der Waals surface area contributed by atoms with Crippen molar-refractivity contribution in [1.29, 1.82) is 0 Å². The number of carbonyl (C=O) groups excluding carboxylic acids is 2. The molecule has 1 aromatic rings. The van der Waals surface area contributed by atoms with E-state index in [0.29, 0.717) is 19.3 Å². The highest BCUT2D eigenvalue weighted by atomic mass is 35.5. The molecule has 0 aromatic heterocycles. The minimum absolute atomic E-state index is 0.116. The van der Waals surface area contributed by atoms with E-state index in [-0.39, 0.29) is 42.7 Å². The maximum atomic E-state index is 14.9. The minimum Gasteiger partial charge on any atom is -0.391 e. The number of nitrogens with one attached hydrogen (secondary N) is 2. The van der Waals surface area contributed by atoms with Crippen LogP contribution in [0.25, 0.3) is 0 Å². The normalized spacial score (nSPS) is 36.0. The fraction of sp³-hybridized carbons (Fsp3) is 0.619. The Hall–Kier alpha value is -1.80. The molecule has 9 heteroatoms. The van der Waals surface area contributed by atoms with Crippen molar-refractivity contribution >= 4 is 23.9 Å². The number of benzene rings is 1. The van der Waals surface area contributed by atoms with Crippen molar-refractivity contribution in [1.82, 2.24) is 10.6 Å². The first-order valence-corrected chi connectivity index (χ1v) is 10.6. The molecular formula is C21H24ClF3N2O3. The Labute approximate surface area is 177 Å². The second kappa shape index (κ2) is 7.71. The van der Waals surface area contributed by atoms with Gasteiger partial charge in [-0.25, -0.2) is 13.2 Å². The van der Waals surface area contributed by atoms with Crippen LogP contribution >= 0.6 is 11.6 Å². The minimum atomic E-state index is -1.38. The highest BCUT2D eigenvalue weighted by Crippen LogP contribution is 2.63. The lowest BCUT2D eigenvalue weighted by atomic mass is 9.74. The third-order valence-corrected chi connectivity index (χ3v) is 7.55. The van der Waals surface area contributed by atoms with Crippen molar-refractivity contribution in [2.24, 2.45) is 11.3 Å². The zero-order chi connectivity index (χ0) is 21.7. The molecule has 1 aromatic carbocycles. The molecule has 0 spiro atoms. The first-order chi connectivity index (χ1) is 14.2. The van der Waals surface area contributed by atoms with Gasteiger partial charge in [0.05, 0.1) is 23.2 Å². The summed E-state index contributed by atoms with van der Waals surface area (Å²) in [5, 5.41) is 15.1. The first kappa shape index (κ1) is 21.4. The Morgan fingerprint density at radius 1 is 1.23 bits per heavy atom. The summed E-state index contributed by atoms with van der Waals surface area (Å²) in [4.78, 5) is 23.7. The van der Waals surface area contributed by atoms with Crippen LogP contribution in [0.5, 0.6) is 0 Å². The topological polar surface area (TPSA) is 78.4 Å². The third kappa shape index (κ3) is 3.58. The van der Waals surface area contributed by atoms with E-state index in [9.17, 15) is 27.9 Å². The van der Waals surface area contributed by atoms with Crippen LogP contribution in [0, 0.1) is 23.0 Å². The van der Waals surface area contributed by atoms with Gasteiger partial charge >= 0.3 is 0 Å². The standard InChI is InChI=1S/C21H24ClF3N2O3/c22-12-1-2-13(23)16(17(12)24)18(20-3-5-21(25,9-20)6-4-20)27-19(30)11-7-14(26-10-28)15(29)8-11/h1-2,10-11,14-15,18,29H,3-9H2,(H,26,28)(H,27,30)/t11-,14-,15+,18+,20?,21?/m0/s1. The Kier molecular flexibility index (Phi) is 5.51. The molecule has 0 heterocycles. The number of hydrogen-bond acceptors (Lipinski definition) is 3. The summed E-state index contributed by atoms with van der Waals surface area (Å²) in [5.74, 6) is -2.91. The van der Waals surface area contributed by atoms with Gasteiger partial charge in [0.15, 0.2) is 0 Å².